The van der Waals surface area contributed by atoms with Gasteiger partial charge in [-0.05, 0) is 6.42 Å². The van der Waals surface area contributed by atoms with Gasteiger partial charge in [0.2, 0.25) is 0 Å². The Morgan fingerprint density at radius 3 is 3.12 bits per heavy atom. The number of nitrogens with zero attached hydrogens (tertiary/aromatic N) is 3. The third kappa shape index (κ3) is 2.48. The highest BCUT2D eigenvalue weighted by Gasteiger charge is 2.08. The molecule has 0 aliphatic heterocycles. The van der Waals surface area contributed by atoms with Crippen molar-refractivity contribution in [2.45, 2.75) is 19.9 Å². The fourth-order valence-electron chi connectivity index (χ4n) is 1.25. The van der Waals surface area contributed by atoms with Crippen LogP contribution < -0.4 is 10.2 Å². The third-order valence-corrected chi connectivity index (χ3v) is 3.48. The lowest BCUT2D eigenvalue weighted by molar-refractivity contribution is 0.756. The van der Waals surface area contributed by atoms with Crippen LogP contribution in [-0.4, -0.2) is 20.7 Å². The largest absolute Gasteiger partial charge is 0.374 e. The van der Waals surface area contributed by atoms with E-state index in [0.29, 0.717) is 6.54 Å². The minimum Gasteiger partial charge on any atom is -0.374 e. The predicted octanol–water partition coefficient (Wildman–Crippen LogP) is 1.63. The van der Waals surface area contributed by atoms with Gasteiger partial charge in [0.25, 0.3) is 0 Å². The summed E-state index contributed by atoms with van der Waals surface area (Å²) in [6, 6.07) is 0. The molecule has 16 heavy (non-hydrogen) atoms. The quantitative estimate of drug-likeness (QED) is 0.883. The second-order valence-electron chi connectivity index (χ2n) is 3.27. The minimum atomic E-state index is 0.0365. The van der Waals surface area contributed by atoms with E-state index >= 15 is 0 Å². The maximum Gasteiger partial charge on any atom is 0.307 e. The van der Waals surface area contributed by atoms with E-state index in [1.807, 2.05) is 0 Å². The molecule has 86 valence electrons. The fourth-order valence-corrected chi connectivity index (χ4v) is 2.44. The van der Waals surface area contributed by atoms with Gasteiger partial charge in [-0.25, -0.2) is 0 Å². The fraction of sp³-hybridized carbons (Fsp3) is 0.444. The molecule has 0 atom stereocenters. The van der Waals surface area contributed by atoms with Crippen LogP contribution in [0, 0.1) is 0 Å². The summed E-state index contributed by atoms with van der Waals surface area (Å²) in [4.78, 5) is 11.4. The first-order valence-corrected chi connectivity index (χ1v) is 6.65. The van der Waals surface area contributed by atoms with Crippen LogP contribution in [0.2, 0.25) is 0 Å². The van der Waals surface area contributed by atoms with E-state index in [9.17, 15) is 4.79 Å². The Labute approximate surface area is 101 Å². The zero-order chi connectivity index (χ0) is 11.4. The monoisotopic (exact) mass is 256 g/mol. The maximum absolute atomic E-state index is 11.4. The second-order valence-corrected chi connectivity index (χ2v) is 4.88. The number of aromatic nitrogens is 3. The molecule has 0 spiro atoms. The van der Waals surface area contributed by atoms with E-state index in [1.165, 1.54) is 22.9 Å². The Bertz CT molecular complexity index is 501. The number of anilines is 1. The van der Waals surface area contributed by atoms with E-state index in [-0.39, 0.29) is 4.87 Å². The van der Waals surface area contributed by atoms with Gasteiger partial charge in [0, 0.05) is 29.7 Å². The average molecular weight is 256 g/mol. The molecular formula is C9H12N4OS2. The zero-order valence-corrected chi connectivity index (χ0v) is 10.5. The molecule has 0 saturated carbocycles. The summed E-state index contributed by atoms with van der Waals surface area (Å²) >= 11 is 2.53. The van der Waals surface area contributed by atoms with Gasteiger partial charge in [0.1, 0.15) is 10.7 Å². The van der Waals surface area contributed by atoms with Crippen LogP contribution in [0.3, 0.4) is 0 Å². The summed E-state index contributed by atoms with van der Waals surface area (Å²) in [6.45, 7) is 3.49. The van der Waals surface area contributed by atoms with Crippen LogP contribution in [0.4, 0.5) is 5.00 Å². The van der Waals surface area contributed by atoms with Crippen molar-refractivity contribution >= 4 is 27.9 Å². The summed E-state index contributed by atoms with van der Waals surface area (Å²) in [5.41, 5.74) is 0.832. The van der Waals surface area contributed by atoms with Gasteiger partial charge in [-0.1, -0.05) is 22.7 Å². The number of rotatable bonds is 5. The predicted molar refractivity (Wildman–Crippen MR) is 66.4 cm³/mol. The van der Waals surface area contributed by atoms with Crippen LogP contribution in [0.1, 0.15) is 19.0 Å². The van der Waals surface area contributed by atoms with Crippen LogP contribution in [0.15, 0.2) is 16.4 Å². The van der Waals surface area contributed by atoms with Crippen LogP contribution in [0.5, 0.6) is 0 Å². The van der Waals surface area contributed by atoms with E-state index in [0.717, 1.165) is 23.7 Å². The molecule has 2 heterocycles. The van der Waals surface area contributed by atoms with Gasteiger partial charge in [-0.2, -0.15) is 0 Å². The number of thiazole rings is 1. The zero-order valence-electron chi connectivity index (χ0n) is 8.84. The lowest BCUT2D eigenvalue weighted by Gasteiger charge is -2.03. The first kappa shape index (κ1) is 11.3. The molecule has 0 aliphatic carbocycles. The molecule has 1 N–H and O–H groups in total. The van der Waals surface area contributed by atoms with Gasteiger partial charge in [0.15, 0.2) is 0 Å². The van der Waals surface area contributed by atoms with Gasteiger partial charge < -0.3 is 5.32 Å². The molecule has 0 aliphatic rings. The maximum atomic E-state index is 11.4. The van der Waals surface area contributed by atoms with Crippen molar-refractivity contribution in [2.24, 2.45) is 0 Å². The minimum absolute atomic E-state index is 0.0365. The smallest absolute Gasteiger partial charge is 0.307 e. The first-order chi connectivity index (χ1) is 7.81. The Kier molecular flexibility index (Phi) is 3.68. The normalized spacial score (nSPS) is 10.6. The molecular weight excluding hydrogens is 244 g/mol. The van der Waals surface area contributed by atoms with Crippen molar-refractivity contribution in [3.05, 3.63) is 26.9 Å². The molecule has 0 fully saturated rings. The molecule has 0 unspecified atom stereocenters. The number of hydrogen-bond acceptors (Lipinski definition) is 6. The molecule has 0 aromatic carbocycles. The van der Waals surface area contributed by atoms with E-state index in [1.54, 1.807) is 16.1 Å². The lowest BCUT2D eigenvalue weighted by atomic mass is 10.4. The topological polar surface area (TPSA) is 59.8 Å². The van der Waals surface area contributed by atoms with Crippen molar-refractivity contribution in [1.29, 1.82) is 0 Å². The van der Waals surface area contributed by atoms with Gasteiger partial charge in [0.05, 0.1) is 6.54 Å². The molecule has 0 amide bonds. The average Bonchev–Trinajstić information content (AvgIpc) is 2.87. The Hall–Kier alpha value is -1.21. The number of nitrogens with one attached hydrogen (secondary N) is 1. The summed E-state index contributed by atoms with van der Waals surface area (Å²) < 4.78 is 5.54. The SMILES string of the molecule is CCCNc1snnc1Cn1ccsc1=O. The molecule has 0 radical (unpaired) electrons. The third-order valence-electron chi connectivity index (χ3n) is 2.06. The van der Waals surface area contributed by atoms with Crippen molar-refractivity contribution in [1.82, 2.24) is 14.2 Å². The highest BCUT2D eigenvalue weighted by Crippen LogP contribution is 2.18. The summed E-state index contributed by atoms with van der Waals surface area (Å²) in [6.07, 6.45) is 2.83. The molecule has 0 bridgehead atoms. The molecule has 7 heteroatoms. The highest BCUT2D eigenvalue weighted by atomic mass is 32.1. The lowest BCUT2D eigenvalue weighted by Crippen LogP contribution is -2.14. The summed E-state index contributed by atoms with van der Waals surface area (Å²) in [7, 11) is 0. The van der Waals surface area contributed by atoms with Gasteiger partial charge in [-0.3, -0.25) is 9.36 Å². The Morgan fingerprint density at radius 2 is 2.44 bits per heavy atom. The van der Waals surface area contributed by atoms with Crippen LogP contribution in [-0.2, 0) is 6.54 Å². The van der Waals surface area contributed by atoms with Crippen molar-refractivity contribution in [2.75, 3.05) is 11.9 Å². The second kappa shape index (κ2) is 5.22. The standard InChI is InChI=1S/C9H12N4OS2/c1-2-3-10-8-7(11-12-16-8)6-13-4-5-15-9(13)14/h4-5,10H,2-3,6H2,1H3. The molecule has 2 aromatic rings. The van der Waals surface area contributed by atoms with Crippen molar-refractivity contribution in [3.8, 4) is 0 Å². The molecule has 2 aromatic heterocycles. The Balaban J connectivity index is 2.12. The van der Waals surface area contributed by atoms with Crippen molar-refractivity contribution < 1.29 is 0 Å². The summed E-state index contributed by atoms with van der Waals surface area (Å²) in [5, 5.41) is 10.0. The van der Waals surface area contributed by atoms with E-state index in [4.69, 9.17) is 0 Å². The molecule has 0 saturated heterocycles. The molecule has 2 rings (SSSR count). The molecule has 5 nitrogen and oxygen atoms in total. The van der Waals surface area contributed by atoms with Crippen LogP contribution in [0.25, 0.3) is 0 Å². The number of hydrogen-bond donors (Lipinski definition) is 1. The first-order valence-electron chi connectivity index (χ1n) is 5.00. The van der Waals surface area contributed by atoms with Crippen LogP contribution >= 0.6 is 22.9 Å². The van der Waals surface area contributed by atoms with Gasteiger partial charge in [-0.15, -0.1) is 5.10 Å². The Morgan fingerprint density at radius 1 is 1.56 bits per heavy atom. The van der Waals surface area contributed by atoms with Crippen molar-refractivity contribution in [3.63, 3.8) is 0 Å². The highest BCUT2D eigenvalue weighted by molar-refractivity contribution is 7.10. The van der Waals surface area contributed by atoms with E-state index < -0.39 is 0 Å². The van der Waals surface area contributed by atoms with E-state index in [2.05, 4.69) is 21.8 Å². The van der Waals surface area contributed by atoms with Gasteiger partial charge >= 0.3 is 4.87 Å². The summed E-state index contributed by atoms with van der Waals surface area (Å²) in [5.74, 6) is 0.